The Hall–Kier alpha value is -1.91. The maximum Gasteiger partial charge on any atom is 0.263 e. The van der Waals surface area contributed by atoms with E-state index in [1.54, 1.807) is 12.1 Å². The number of anilines is 1. The molecule has 0 radical (unpaired) electrons. The number of benzene rings is 1. The van der Waals surface area contributed by atoms with E-state index in [4.69, 9.17) is 10.3 Å². The number of nitrogens with two attached hydrogens (primary N) is 1. The second-order valence-electron chi connectivity index (χ2n) is 4.65. The number of aryl methyl sites for hydroxylation is 1. The average molecular weight is 249 g/mol. The second-order valence-corrected chi connectivity index (χ2v) is 4.65. The molecule has 0 aliphatic heterocycles. The van der Waals surface area contributed by atoms with Gasteiger partial charge in [0.15, 0.2) is 5.82 Å². The Labute approximate surface area is 105 Å². The summed E-state index contributed by atoms with van der Waals surface area (Å²) in [6.07, 6.45) is 1.68. The van der Waals surface area contributed by atoms with Crippen LogP contribution in [0, 0.1) is 11.7 Å². The Morgan fingerprint density at radius 2 is 2.17 bits per heavy atom. The molecule has 0 saturated carbocycles. The van der Waals surface area contributed by atoms with Gasteiger partial charge in [-0.05, 0) is 24.5 Å². The molecule has 0 saturated heterocycles. The molecule has 18 heavy (non-hydrogen) atoms. The van der Waals surface area contributed by atoms with Crippen LogP contribution in [0.15, 0.2) is 22.7 Å². The number of hydrogen-bond acceptors (Lipinski definition) is 4. The Morgan fingerprint density at radius 3 is 2.83 bits per heavy atom. The van der Waals surface area contributed by atoms with E-state index < -0.39 is 5.82 Å². The summed E-state index contributed by atoms with van der Waals surface area (Å²) >= 11 is 0. The highest BCUT2D eigenvalue weighted by Gasteiger charge is 2.16. The van der Waals surface area contributed by atoms with Crippen molar-refractivity contribution in [3.63, 3.8) is 0 Å². The molecule has 0 aliphatic rings. The molecular weight excluding hydrogens is 233 g/mol. The summed E-state index contributed by atoms with van der Waals surface area (Å²) in [7, 11) is 0. The van der Waals surface area contributed by atoms with Crippen molar-refractivity contribution in [1.29, 1.82) is 0 Å². The van der Waals surface area contributed by atoms with Crippen molar-refractivity contribution in [2.75, 3.05) is 5.73 Å². The van der Waals surface area contributed by atoms with Crippen molar-refractivity contribution < 1.29 is 8.91 Å². The van der Waals surface area contributed by atoms with Crippen LogP contribution in [0.2, 0.25) is 0 Å². The molecule has 1 aromatic carbocycles. The van der Waals surface area contributed by atoms with Crippen LogP contribution in [0.5, 0.6) is 0 Å². The highest BCUT2D eigenvalue weighted by Crippen LogP contribution is 2.27. The molecule has 0 aliphatic carbocycles. The zero-order valence-corrected chi connectivity index (χ0v) is 10.5. The molecule has 0 bridgehead atoms. The molecule has 0 fully saturated rings. The van der Waals surface area contributed by atoms with Gasteiger partial charge in [-0.15, -0.1) is 0 Å². The zero-order valence-electron chi connectivity index (χ0n) is 10.5. The predicted octanol–water partition coefficient (Wildman–Crippen LogP) is 3.05. The van der Waals surface area contributed by atoms with Crippen LogP contribution < -0.4 is 5.73 Å². The van der Waals surface area contributed by atoms with Crippen molar-refractivity contribution in [1.82, 2.24) is 10.1 Å². The molecule has 0 atom stereocenters. The second kappa shape index (κ2) is 5.16. The normalized spacial score (nSPS) is 11.1. The first-order chi connectivity index (χ1) is 8.58. The molecule has 4 nitrogen and oxygen atoms in total. The van der Waals surface area contributed by atoms with E-state index in [-0.39, 0.29) is 11.5 Å². The van der Waals surface area contributed by atoms with Crippen LogP contribution in [0.4, 0.5) is 10.1 Å². The van der Waals surface area contributed by atoms with E-state index in [1.807, 2.05) is 0 Å². The van der Waals surface area contributed by atoms with Crippen LogP contribution in [-0.4, -0.2) is 10.1 Å². The topological polar surface area (TPSA) is 64.9 Å². The summed E-state index contributed by atoms with van der Waals surface area (Å²) in [6.45, 7) is 4.24. The molecule has 0 spiro atoms. The van der Waals surface area contributed by atoms with Crippen molar-refractivity contribution in [3.8, 4) is 11.5 Å². The van der Waals surface area contributed by atoms with Crippen molar-refractivity contribution in [2.24, 2.45) is 5.92 Å². The van der Waals surface area contributed by atoms with Crippen molar-refractivity contribution in [3.05, 3.63) is 29.8 Å². The number of nitrogen functional groups attached to an aromatic ring is 1. The third kappa shape index (κ3) is 2.67. The number of aromatic nitrogens is 2. The van der Waals surface area contributed by atoms with E-state index in [0.717, 1.165) is 12.8 Å². The Kier molecular flexibility index (Phi) is 3.60. The summed E-state index contributed by atoms with van der Waals surface area (Å²) in [5.41, 5.74) is 6.20. The summed E-state index contributed by atoms with van der Waals surface area (Å²) in [5, 5.41) is 3.84. The molecule has 0 unspecified atom stereocenters. The average Bonchev–Trinajstić information content (AvgIpc) is 2.75. The summed E-state index contributed by atoms with van der Waals surface area (Å²) in [6, 6.07) is 4.48. The Bertz CT molecular complexity index is 517. The standard InChI is InChI=1S/C13H16FN3O/c1-8(2)6-7-11-16-13(18-17-11)12-9(14)4-3-5-10(12)15/h3-5,8H,6-7,15H2,1-2H3. The lowest BCUT2D eigenvalue weighted by Gasteiger charge is -2.01. The van der Waals surface area contributed by atoms with E-state index in [9.17, 15) is 4.39 Å². The highest BCUT2D eigenvalue weighted by molar-refractivity contribution is 5.70. The predicted molar refractivity (Wildman–Crippen MR) is 67.3 cm³/mol. The van der Waals surface area contributed by atoms with Gasteiger partial charge in [0.2, 0.25) is 0 Å². The lowest BCUT2D eigenvalue weighted by molar-refractivity contribution is 0.417. The van der Waals surface area contributed by atoms with Crippen LogP contribution in [-0.2, 0) is 6.42 Å². The van der Waals surface area contributed by atoms with Crippen molar-refractivity contribution >= 4 is 5.69 Å². The van der Waals surface area contributed by atoms with Crippen LogP contribution in [0.25, 0.3) is 11.5 Å². The minimum atomic E-state index is -0.450. The fraction of sp³-hybridized carbons (Fsp3) is 0.385. The van der Waals surface area contributed by atoms with Gasteiger partial charge < -0.3 is 10.3 Å². The number of rotatable bonds is 4. The summed E-state index contributed by atoms with van der Waals surface area (Å²) in [5.74, 6) is 0.838. The van der Waals surface area contributed by atoms with Crippen molar-refractivity contribution in [2.45, 2.75) is 26.7 Å². The molecule has 2 N–H and O–H groups in total. The minimum Gasteiger partial charge on any atom is -0.398 e. The first kappa shape index (κ1) is 12.5. The smallest absolute Gasteiger partial charge is 0.263 e. The Morgan fingerprint density at radius 1 is 1.39 bits per heavy atom. The first-order valence-corrected chi connectivity index (χ1v) is 5.95. The molecule has 2 aromatic rings. The van der Waals surface area contributed by atoms with Gasteiger partial charge in [0.25, 0.3) is 5.89 Å². The van der Waals surface area contributed by atoms with E-state index >= 15 is 0 Å². The molecule has 1 aromatic heterocycles. The van der Waals surface area contributed by atoms with Gasteiger partial charge in [-0.25, -0.2) is 4.39 Å². The molecule has 0 amide bonds. The monoisotopic (exact) mass is 249 g/mol. The number of halogens is 1. The summed E-state index contributed by atoms with van der Waals surface area (Å²) in [4.78, 5) is 4.18. The maximum atomic E-state index is 13.7. The molecule has 96 valence electrons. The fourth-order valence-corrected chi connectivity index (χ4v) is 1.64. The van der Waals surface area contributed by atoms with Crippen LogP contribution in [0.3, 0.4) is 0 Å². The van der Waals surface area contributed by atoms with E-state index in [1.165, 1.54) is 6.07 Å². The third-order valence-corrected chi connectivity index (χ3v) is 2.67. The largest absolute Gasteiger partial charge is 0.398 e. The lowest BCUT2D eigenvalue weighted by Crippen LogP contribution is -1.95. The highest BCUT2D eigenvalue weighted by atomic mass is 19.1. The molecule has 1 heterocycles. The van der Waals surface area contributed by atoms with Crippen LogP contribution >= 0.6 is 0 Å². The summed E-state index contributed by atoms with van der Waals surface area (Å²) < 4.78 is 18.7. The Balaban J connectivity index is 2.24. The van der Waals surface area contributed by atoms with Gasteiger partial charge in [-0.2, -0.15) is 4.98 Å². The van der Waals surface area contributed by atoms with Gasteiger partial charge in [0.1, 0.15) is 5.82 Å². The van der Waals surface area contributed by atoms with Gasteiger partial charge >= 0.3 is 0 Å². The minimum absolute atomic E-state index is 0.143. The fourth-order valence-electron chi connectivity index (χ4n) is 1.64. The van der Waals surface area contributed by atoms with Gasteiger partial charge in [0.05, 0.1) is 5.56 Å². The lowest BCUT2D eigenvalue weighted by atomic mass is 10.1. The number of nitrogens with zero attached hydrogens (tertiary/aromatic N) is 2. The third-order valence-electron chi connectivity index (χ3n) is 2.67. The molecule has 5 heteroatoms. The van der Waals surface area contributed by atoms with Gasteiger partial charge in [0, 0.05) is 12.1 Å². The van der Waals surface area contributed by atoms with Crippen LogP contribution in [0.1, 0.15) is 26.1 Å². The molecular formula is C13H16FN3O. The molecule has 2 rings (SSSR count). The quantitative estimate of drug-likeness (QED) is 0.846. The maximum absolute atomic E-state index is 13.7. The van der Waals surface area contributed by atoms with Gasteiger partial charge in [-0.1, -0.05) is 25.1 Å². The SMILES string of the molecule is CC(C)CCc1noc(-c2c(N)cccc2F)n1. The zero-order chi connectivity index (χ0) is 13.1. The number of hydrogen-bond donors (Lipinski definition) is 1. The van der Waals surface area contributed by atoms with E-state index in [0.29, 0.717) is 17.4 Å². The first-order valence-electron chi connectivity index (χ1n) is 5.95. The van der Waals surface area contributed by atoms with Gasteiger partial charge in [-0.3, -0.25) is 0 Å². The van der Waals surface area contributed by atoms with E-state index in [2.05, 4.69) is 24.0 Å².